The Kier molecular flexibility index (Phi) is 3.94. The number of thioether (sulfide) groups is 1. The summed E-state index contributed by atoms with van der Waals surface area (Å²) in [5.41, 5.74) is 0. The number of nitrogens with zero attached hydrogens (tertiary/aromatic N) is 1. The lowest BCUT2D eigenvalue weighted by Gasteiger charge is -2.05. The Balaban J connectivity index is 1.80. The molecule has 2 rings (SSSR count). The van der Waals surface area contributed by atoms with Crippen LogP contribution in [0, 0.1) is 0 Å². The van der Waals surface area contributed by atoms with E-state index in [9.17, 15) is 0 Å². The maximum absolute atomic E-state index is 5.86. The van der Waals surface area contributed by atoms with Gasteiger partial charge in [-0.05, 0) is 18.6 Å². The first kappa shape index (κ1) is 11.3. The SMILES string of the molecule is CCC1CN=C(NCc2ccc(Cl)s2)S1. The van der Waals surface area contributed by atoms with Crippen molar-refractivity contribution in [1.29, 1.82) is 0 Å². The predicted molar refractivity (Wildman–Crippen MR) is 70.1 cm³/mol. The number of amidine groups is 1. The molecule has 1 unspecified atom stereocenters. The van der Waals surface area contributed by atoms with Crippen LogP contribution < -0.4 is 5.32 Å². The molecular formula is C10H13ClN2S2. The minimum atomic E-state index is 0.666. The average molecular weight is 261 g/mol. The molecule has 0 bridgehead atoms. The number of halogens is 1. The molecule has 5 heteroatoms. The number of hydrogen-bond donors (Lipinski definition) is 1. The molecule has 1 aliphatic rings. The monoisotopic (exact) mass is 260 g/mol. The topological polar surface area (TPSA) is 24.4 Å². The van der Waals surface area contributed by atoms with Gasteiger partial charge >= 0.3 is 0 Å². The van der Waals surface area contributed by atoms with E-state index in [1.807, 2.05) is 17.8 Å². The van der Waals surface area contributed by atoms with Gasteiger partial charge in [0.25, 0.3) is 0 Å². The molecule has 0 aromatic carbocycles. The third-order valence-electron chi connectivity index (χ3n) is 2.21. The van der Waals surface area contributed by atoms with Gasteiger partial charge in [-0.2, -0.15) is 0 Å². The van der Waals surface area contributed by atoms with Crippen molar-refractivity contribution in [3.8, 4) is 0 Å². The van der Waals surface area contributed by atoms with Crippen LogP contribution in [0.15, 0.2) is 17.1 Å². The lowest BCUT2D eigenvalue weighted by atomic mass is 10.3. The number of hydrogen-bond acceptors (Lipinski definition) is 4. The molecule has 1 atom stereocenters. The van der Waals surface area contributed by atoms with Gasteiger partial charge in [-0.25, -0.2) is 0 Å². The van der Waals surface area contributed by atoms with Crippen LogP contribution in [-0.2, 0) is 6.54 Å². The molecule has 1 aliphatic heterocycles. The predicted octanol–water partition coefficient (Wildman–Crippen LogP) is 3.37. The van der Waals surface area contributed by atoms with Crippen LogP contribution in [0.2, 0.25) is 4.34 Å². The van der Waals surface area contributed by atoms with Crippen LogP contribution in [0.5, 0.6) is 0 Å². The molecule has 0 fully saturated rings. The molecule has 0 saturated carbocycles. The summed E-state index contributed by atoms with van der Waals surface area (Å²) in [4.78, 5) is 5.70. The van der Waals surface area contributed by atoms with E-state index >= 15 is 0 Å². The van der Waals surface area contributed by atoms with Crippen molar-refractivity contribution in [3.63, 3.8) is 0 Å². The highest BCUT2D eigenvalue weighted by Gasteiger charge is 2.17. The molecular weight excluding hydrogens is 248 g/mol. The lowest BCUT2D eigenvalue weighted by molar-refractivity contribution is 0.840. The van der Waals surface area contributed by atoms with Crippen LogP contribution in [0.4, 0.5) is 0 Å². The minimum Gasteiger partial charge on any atom is -0.360 e. The Labute approximate surface area is 103 Å². The van der Waals surface area contributed by atoms with Gasteiger partial charge in [-0.1, -0.05) is 30.3 Å². The van der Waals surface area contributed by atoms with Crippen molar-refractivity contribution in [2.75, 3.05) is 6.54 Å². The first-order valence-corrected chi connectivity index (χ1v) is 7.04. The summed E-state index contributed by atoms with van der Waals surface area (Å²) in [6.07, 6.45) is 1.18. The van der Waals surface area contributed by atoms with E-state index in [4.69, 9.17) is 11.6 Å². The molecule has 0 radical (unpaired) electrons. The maximum Gasteiger partial charge on any atom is 0.157 e. The van der Waals surface area contributed by atoms with Crippen molar-refractivity contribution in [2.45, 2.75) is 25.1 Å². The van der Waals surface area contributed by atoms with E-state index in [1.165, 1.54) is 11.3 Å². The van der Waals surface area contributed by atoms with Crippen molar-refractivity contribution < 1.29 is 0 Å². The summed E-state index contributed by atoms with van der Waals surface area (Å²) in [7, 11) is 0. The first-order valence-electron chi connectivity index (χ1n) is 4.97. The third-order valence-corrected chi connectivity index (χ3v) is 4.76. The Morgan fingerprint density at radius 3 is 3.07 bits per heavy atom. The van der Waals surface area contributed by atoms with Crippen LogP contribution in [-0.4, -0.2) is 17.0 Å². The zero-order valence-electron chi connectivity index (χ0n) is 8.50. The fourth-order valence-corrected chi connectivity index (χ4v) is 3.30. The van der Waals surface area contributed by atoms with Crippen molar-refractivity contribution in [3.05, 3.63) is 21.3 Å². The molecule has 1 aromatic heterocycles. The van der Waals surface area contributed by atoms with Crippen molar-refractivity contribution >= 4 is 39.9 Å². The van der Waals surface area contributed by atoms with Crippen molar-refractivity contribution in [1.82, 2.24) is 5.32 Å². The third kappa shape index (κ3) is 3.13. The highest BCUT2D eigenvalue weighted by molar-refractivity contribution is 8.14. The van der Waals surface area contributed by atoms with Crippen LogP contribution in [0.3, 0.4) is 0 Å². The first-order chi connectivity index (χ1) is 7.28. The summed E-state index contributed by atoms with van der Waals surface area (Å²) in [5, 5.41) is 5.08. The molecule has 1 aromatic rings. The summed E-state index contributed by atoms with van der Waals surface area (Å²) < 4.78 is 0.847. The highest BCUT2D eigenvalue weighted by atomic mass is 35.5. The number of thiophene rings is 1. The summed E-state index contributed by atoms with van der Waals surface area (Å²) >= 11 is 9.32. The molecule has 2 heterocycles. The van der Waals surface area contributed by atoms with Gasteiger partial charge in [-0.15, -0.1) is 11.3 Å². The number of aliphatic imine (C=N–C) groups is 1. The number of rotatable bonds is 3. The Bertz CT molecular complexity index is 362. The van der Waals surface area contributed by atoms with Gasteiger partial charge in [0.05, 0.1) is 17.4 Å². The van der Waals surface area contributed by atoms with Gasteiger partial charge in [0, 0.05) is 10.1 Å². The normalized spacial score (nSPS) is 20.4. The number of nitrogens with one attached hydrogen (secondary N) is 1. The standard InChI is InChI=1S/C10H13ClN2S2/c1-2-7-5-12-10(15-7)13-6-8-3-4-9(11)14-8/h3-4,7H,2,5-6H2,1H3,(H,12,13). The van der Waals surface area contributed by atoms with Gasteiger partial charge in [0.2, 0.25) is 0 Å². The molecule has 82 valence electrons. The maximum atomic E-state index is 5.86. The van der Waals surface area contributed by atoms with E-state index < -0.39 is 0 Å². The fraction of sp³-hybridized carbons (Fsp3) is 0.500. The zero-order valence-corrected chi connectivity index (χ0v) is 10.9. The largest absolute Gasteiger partial charge is 0.360 e. The van der Waals surface area contributed by atoms with E-state index in [1.54, 1.807) is 11.3 Å². The highest BCUT2D eigenvalue weighted by Crippen LogP contribution is 2.24. The molecule has 0 spiro atoms. The van der Waals surface area contributed by atoms with Gasteiger partial charge in [0.1, 0.15) is 0 Å². The minimum absolute atomic E-state index is 0.666. The average Bonchev–Trinajstić information content (AvgIpc) is 2.83. The molecule has 0 saturated heterocycles. The second-order valence-corrected chi connectivity index (χ2v) is 6.44. The van der Waals surface area contributed by atoms with E-state index in [0.29, 0.717) is 5.25 Å². The summed E-state index contributed by atoms with van der Waals surface area (Å²) in [6, 6.07) is 3.99. The van der Waals surface area contributed by atoms with Gasteiger partial charge < -0.3 is 5.32 Å². The second-order valence-electron chi connectivity index (χ2n) is 3.35. The summed E-state index contributed by atoms with van der Waals surface area (Å²) in [5.74, 6) is 0. The van der Waals surface area contributed by atoms with E-state index in [0.717, 1.165) is 22.6 Å². The summed E-state index contributed by atoms with van der Waals surface area (Å²) in [6.45, 7) is 3.99. The molecule has 0 aliphatic carbocycles. The molecule has 15 heavy (non-hydrogen) atoms. The van der Waals surface area contributed by atoms with E-state index in [2.05, 4.69) is 23.3 Å². The smallest absolute Gasteiger partial charge is 0.157 e. The zero-order chi connectivity index (χ0) is 10.7. The van der Waals surface area contributed by atoms with Crippen LogP contribution >= 0.6 is 34.7 Å². The molecule has 0 amide bonds. The van der Waals surface area contributed by atoms with Crippen molar-refractivity contribution in [2.24, 2.45) is 4.99 Å². The fourth-order valence-electron chi connectivity index (χ4n) is 1.34. The van der Waals surface area contributed by atoms with Crippen LogP contribution in [0.1, 0.15) is 18.2 Å². The Hall–Kier alpha value is -0.190. The second kappa shape index (κ2) is 5.23. The quantitative estimate of drug-likeness (QED) is 0.901. The lowest BCUT2D eigenvalue weighted by Crippen LogP contribution is -2.18. The van der Waals surface area contributed by atoms with E-state index in [-0.39, 0.29) is 0 Å². The van der Waals surface area contributed by atoms with Crippen LogP contribution in [0.25, 0.3) is 0 Å². The van der Waals surface area contributed by atoms with Gasteiger partial charge in [-0.3, -0.25) is 4.99 Å². The Morgan fingerprint density at radius 1 is 1.60 bits per heavy atom. The molecule has 2 nitrogen and oxygen atoms in total. The molecule has 1 N–H and O–H groups in total. The van der Waals surface area contributed by atoms with Gasteiger partial charge in [0.15, 0.2) is 5.17 Å². The Morgan fingerprint density at radius 2 is 2.47 bits per heavy atom.